The SMILES string of the molecule is CCCCCN1CC(C)Cc2cc(/N=N/c3nncs3)c(NS(=O)(=O)C(F)(F)F)cc21. The van der Waals surface area contributed by atoms with Gasteiger partial charge in [0.1, 0.15) is 11.2 Å². The summed E-state index contributed by atoms with van der Waals surface area (Å²) < 4.78 is 64.2. The van der Waals surface area contributed by atoms with E-state index >= 15 is 0 Å². The van der Waals surface area contributed by atoms with E-state index in [0.717, 1.165) is 49.3 Å². The van der Waals surface area contributed by atoms with E-state index in [9.17, 15) is 21.6 Å². The fourth-order valence-electron chi connectivity index (χ4n) is 3.43. The van der Waals surface area contributed by atoms with Gasteiger partial charge in [0.25, 0.3) is 5.13 Å². The third-order valence-electron chi connectivity index (χ3n) is 4.81. The van der Waals surface area contributed by atoms with Crippen molar-refractivity contribution < 1.29 is 21.6 Å². The lowest BCUT2D eigenvalue weighted by Gasteiger charge is -2.35. The van der Waals surface area contributed by atoms with E-state index in [0.29, 0.717) is 18.0 Å². The standard InChI is InChI=1S/C18H23F3N6O2S2/c1-3-4-5-6-27-10-12(2)7-13-8-14(23-25-17-24-22-11-30-17)15(9-16(13)27)26-31(28,29)18(19,20)21/h8-9,11-12,26H,3-7,10H2,1-2H3/b25-23+. The van der Waals surface area contributed by atoms with Gasteiger partial charge in [-0.2, -0.15) is 21.6 Å². The van der Waals surface area contributed by atoms with Crippen molar-refractivity contribution in [2.45, 2.75) is 45.0 Å². The number of nitrogens with one attached hydrogen (secondary N) is 1. The van der Waals surface area contributed by atoms with Crippen molar-refractivity contribution in [2.75, 3.05) is 22.7 Å². The molecule has 0 fully saturated rings. The Labute approximate surface area is 182 Å². The number of alkyl halides is 3. The van der Waals surface area contributed by atoms with Gasteiger partial charge in [-0.05, 0) is 36.5 Å². The van der Waals surface area contributed by atoms with Crippen LogP contribution in [0.25, 0.3) is 0 Å². The van der Waals surface area contributed by atoms with Crippen molar-refractivity contribution in [3.05, 3.63) is 23.2 Å². The number of fused-ring (bicyclic) bond motifs is 1. The maximum Gasteiger partial charge on any atom is 0.516 e. The smallest absolute Gasteiger partial charge is 0.371 e. The molecule has 0 saturated carbocycles. The quantitative estimate of drug-likeness (QED) is 0.406. The van der Waals surface area contributed by atoms with E-state index in [4.69, 9.17) is 0 Å². The summed E-state index contributed by atoms with van der Waals surface area (Å²) in [7, 11) is -5.62. The van der Waals surface area contributed by atoms with E-state index < -0.39 is 15.5 Å². The Balaban J connectivity index is 2.04. The number of anilines is 2. The highest BCUT2D eigenvalue weighted by molar-refractivity contribution is 7.93. The summed E-state index contributed by atoms with van der Waals surface area (Å²) in [4.78, 5) is 2.09. The molecule has 170 valence electrons. The molecule has 1 aromatic heterocycles. The molecule has 31 heavy (non-hydrogen) atoms. The molecule has 2 aromatic rings. The van der Waals surface area contributed by atoms with Crippen LogP contribution in [0.2, 0.25) is 0 Å². The molecular formula is C18H23F3N6O2S2. The van der Waals surface area contributed by atoms with Crippen LogP contribution in [0.1, 0.15) is 38.7 Å². The highest BCUT2D eigenvalue weighted by Gasteiger charge is 2.46. The molecule has 1 aliphatic heterocycles. The predicted octanol–water partition coefficient (Wildman–Crippen LogP) is 5.40. The van der Waals surface area contributed by atoms with Crippen LogP contribution in [-0.2, 0) is 16.4 Å². The third kappa shape index (κ3) is 5.70. The maximum absolute atomic E-state index is 13.0. The van der Waals surface area contributed by atoms with Gasteiger partial charge in [0.2, 0.25) is 0 Å². The summed E-state index contributed by atoms with van der Waals surface area (Å²) in [6.07, 6.45) is 3.71. The van der Waals surface area contributed by atoms with Gasteiger partial charge in [-0.1, -0.05) is 38.0 Å². The maximum atomic E-state index is 13.0. The Kier molecular flexibility index (Phi) is 7.14. The molecule has 1 N–H and O–H groups in total. The molecule has 3 rings (SSSR count). The normalized spacial score (nSPS) is 17.2. The predicted molar refractivity (Wildman–Crippen MR) is 114 cm³/mol. The summed E-state index contributed by atoms with van der Waals surface area (Å²) in [6.45, 7) is 5.67. The highest BCUT2D eigenvalue weighted by Crippen LogP contribution is 2.40. The molecule has 8 nitrogen and oxygen atoms in total. The highest BCUT2D eigenvalue weighted by atomic mass is 32.2. The number of nitrogens with zero attached hydrogens (tertiary/aromatic N) is 5. The van der Waals surface area contributed by atoms with Crippen LogP contribution in [-0.4, -0.2) is 37.2 Å². The number of rotatable bonds is 8. The van der Waals surface area contributed by atoms with Crippen LogP contribution in [0.15, 0.2) is 27.9 Å². The van der Waals surface area contributed by atoms with Gasteiger partial charge in [-0.3, -0.25) is 4.72 Å². The Bertz CT molecular complexity index is 1030. The molecule has 1 aliphatic rings. The minimum atomic E-state index is -5.62. The largest absolute Gasteiger partial charge is 0.516 e. The monoisotopic (exact) mass is 476 g/mol. The van der Waals surface area contributed by atoms with E-state index in [1.54, 1.807) is 10.8 Å². The number of benzene rings is 1. The number of aromatic nitrogens is 2. The number of azo groups is 1. The summed E-state index contributed by atoms with van der Waals surface area (Å²) in [5.41, 5.74) is -2.71. The zero-order chi connectivity index (χ0) is 22.6. The van der Waals surface area contributed by atoms with Gasteiger partial charge < -0.3 is 4.90 Å². The fraction of sp³-hybridized carbons (Fsp3) is 0.556. The van der Waals surface area contributed by atoms with Gasteiger partial charge in [0.15, 0.2) is 0 Å². The lowest BCUT2D eigenvalue weighted by atomic mass is 9.92. The summed E-state index contributed by atoms with van der Waals surface area (Å²) in [5, 5.41) is 15.4. The molecule has 1 atom stereocenters. The van der Waals surface area contributed by atoms with Crippen LogP contribution in [0.5, 0.6) is 0 Å². The van der Waals surface area contributed by atoms with Crippen molar-refractivity contribution in [2.24, 2.45) is 16.1 Å². The Morgan fingerprint density at radius 3 is 2.71 bits per heavy atom. The molecule has 0 spiro atoms. The van der Waals surface area contributed by atoms with Gasteiger partial charge in [0, 0.05) is 18.8 Å². The molecule has 2 heterocycles. The number of hydrogen-bond donors (Lipinski definition) is 1. The molecule has 0 saturated heterocycles. The van der Waals surface area contributed by atoms with Crippen molar-refractivity contribution in [3.8, 4) is 0 Å². The first kappa shape index (κ1) is 23.4. The second-order valence-electron chi connectivity index (χ2n) is 7.43. The molecule has 0 radical (unpaired) electrons. The Morgan fingerprint density at radius 2 is 2.06 bits per heavy atom. The molecule has 1 aromatic carbocycles. The van der Waals surface area contributed by atoms with Crippen molar-refractivity contribution >= 4 is 43.6 Å². The van der Waals surface area contributed by atoms with Gasteiger partial charge in [-0.25, -0.2) is 0 Å². The second-order valence-corrected chi connectivity index (χ2v) is 9.92. The van der Waals surface area contributed by atoms with Gasteiger partial charge in [0.05, 0.1) is 5.69 Å². The lowest BCUT2D eigenvalue weighted by Crippen LogP contribution is -2.35. The first-order valence-electron chi connectivity index (χ1n) is 9.79. The van der Waals surface area contributed by atoms with Crippen LogP contribution in [0.3, 0.4) is 0 Å². The van der Waals surface area contributed by atoms with E-state index in [1.807, 2.05) is 0 Å². The number of halogens is 3. The van der Waals surface area contributed by atoms with Crippen molar-refractivity contribution in [3.63, 3.8) is 0 Å². The number of sulfonamides is 1. The van der Waals surface area contributed by atoms with Crippen LogP contribution in [0.4, 0.5) is 35.4 Å². The molecule has 0 amide bonds. The summed E-state index contributed by atoms with van der Waals surface area (Å²) in [6, 6.07) is 3.02. The zero-order valence-electron chi connectivity index (χ0n) is 17.1. The first-order valence-corrected chi connectivity index (χ1v) is 12.2. The molecule has 0 bridgehead atoms. The lowest BCUT2D eigenvalue weighted by molar-refractivity contribution is -0.0429. The molecular weight excluding hydrogens is 453 g/mol. The van der Waals surface area contributed by atoms with Gasteiger partial charge >= 0.3 is 15.5 Å². The van der Waals surface area contributed by atoms with Crippen molar-refractivity contribution in [1.82, 2.24) is 10.2 Å². The molecule has 13 heteroatoms. The third-order valence-corrected chi connectivity index (χ3v) is 6.48. The average Bonchev–Trinajstić information content (AvgIpc) is 3.19. The van der Waals surface area contributed by atoms with Crippen LogP contribution in [0, 0.1) is 5.92 Å². The fourth-order valence-corrected chi connectivity index (χ4v) is 4.37. The van der Waals surface area contributed by atoms with Crippen LogP contribution >= 0.6 is 11.3 Å². The van der Waals surface area contributed by atoms with E-state index in [-0.39, 0.29) is 16.5 Å². The molecule has 0 aliphatic carbocycles. The van der Waals surface area contributed by atoms with Crippen molar-refractivity contribution in [1.29, 1.82) is 0 Å². The Morgan fingerprint density at radius 1 is 1.29 bits per heavy atom. The minimum absolute atomic E-state index is 0.00983. The van der Waals surface area contributed by atoms with E-state index in [1.165, 1.54) is 11.6 Å². The minimum Gasteiger partial charge on any atom is -0.371 e. The number of unbranched alkanes of at least 4 members (excludes halogenated alkanes) is 2. The van der Waals surface area contributed by atoms with E-state index in [2.05, 4.69) is 39.2 Å². The Hall–Kier alpha value is -2.28. The number of hydrogen-bond acceptors (Lipinski definition) is 8. The molecule has 1 unspecified atom stereocenters. The van der Waals surface area contributed by atoms with Crippen LogP contribution < -0.4 is 9.62 Å². The first-order chi connectivity index (χ1) is 14.6. The summed E-state index contributed by atoms with van der Waals surface area (Å²) in [5.74, 6) is 0.333. The topological polar surface area (TPSA) is 99.9 Å². The summed E-state index contributed by atoms with van der Waals surface area (Å²) >= 11 is 1.10. The second kappa shape index (κ2) is 9.47. The zero-order valence-corrected chi connectivity index (χ0v) is 18.7. The van der Waals surface area contributed by atoms with Gasteiger partial charge in [-0.15, -0.1) is 20.4 Å². The average molecular weight is 477 g/mol.